The molecule has 4 amide bonds. The number of carbonyl (C=O) groups is 4. The Kier molecular flexibility index (Phi) is 14.3. The molecule has 0 radical (unpaired) electrons. The summed E-state index contributed by atoms with van der Waals surface area (Å²) < 4.78 is 50.2. The van der Waals surface area contributed by atoms with Gasteiger partial charge in [-0.25, -0.2) is 19.5 Å². The predicted molar refractivity (Wildman–Crippen MR) is 235 cm³/mol. The van der Waals surface area contributed by atoms with Gasteiger partial charge in [0.05, 0.1) is 31.0 Å². The standard InChI is InChI=1S/C42H56ClN7O10S2/c1-9-18-42(7,38(53)49-62(55,56)60-25-14-15-25)48-36(51)30-19-26(21-50(30)37(52)35(41(4,5)6)47-40(54)59-24-12-10-11-13-24)58-32-20-28(29-22-61-39(46-29)44-23(2)3)45-34-27(32)16-17-31(57-8)33(34)43/h9,16-17,20,22-26,30,35H,1,10-15,18-19,21H2,2-8H3,(H,44,46)(H,47,54)(H,48,51)(H,49,53)/t26-,30+,35-,42-/m1/s1. The predicted octanol–water partition coefficient (Wildman–Crippen LogP) is 6.26. The molecule has 2 saturated carbocycles. The molecule has 0 spiro atoms. The summed E-state index contributed by atoms with van der Waals surface area (Å²) in [7, 11) is -3.00. The zero-order valence-corrected chi connectivity index (χ0v) is 38.4. The molecule has 3 fully saturated rings. The molecule has 0 bridgehead atoms. The van der Waals surface area contributed by atoms with Crippen molar-refractivity contribution in [1.29, 1.82) is 0 Å². The number of thiazole rings is 1. The van der Waals surface area contributed by atoms with Crippen LogP contribution in [0.5, 0.6) is 11.5 Å². The number of amides is 4. The number of hydrogen-bond acceptors (Lipinski definition) is 14. The van der Waals surface area contributed by atoms with Gasteiger partial charge < -0.3 is 35.1 Å². The van der Waals surface area contributed by atoms with Crippen LogP contribution in [0.3, 0.4) is 0 Å². The molecule has 1 saturated heterocycles. The molecule has 1 aliphatic heterocycles. The van der Waals surface area contributed by atoms with E-state index in [4.69, 9.17) is 40.0 Å². The first-order chi connectivity index (χ1) is 29.2. The largest absolute Gasteiger partial charge is 0.495 e. The third kappa shape index (κ3) is 11.3. The van der Waals surface area contributed by atoms with Gasteiger partial charge in [0.1, 0.15) is 52.0 Å². The van der Waals surface area contributed by atoms with Crippen LogP contribution in [0.25, 0.3) is 22.3 Å². The van der Waals surface area contributed by atoms with Gasteiger partial charge in [0.25, 0.3) is 5.91 Å². The van der Waals surface area contributed by atoms with E-state index in [1.54, 1.807) is 39.0 Å². The number of nitrogens with one attached hydrogen (secondary N) is 4. The fourth-order valence-electron chi connectivity index (χ4n) is 7.42. The number of methoxy groups -OCH3 is 1. The van der Waals surface area contributed by atoms with Gasteiger partial charge in [0.2, 0.25) is 11.8 Å². The molecule has 1 aromatic carbocycles. The molecule has 0 unspecified atom stereocenters. The van der Waals surface area contributed by atoms with Crippen molar-refractivity contribution in [2.24, 2.45) is 5.41 Å². The van der Waals surface area contributed by atoms with Crippen molar-refractivity contribution in [3.8, 4) is 22.9 Å². The summed E-state index contributed by atoms with van der Waals surface area (Å²) in [6.07, 6.45) is 3.12. The fraction of sp³-hybridized carbons (Fsp3) is 0.571. The summed E-state index contributed by atoms with van der Waals surface area (Å²) in [5.41, 5.74) is -1.34. The van der Waals surface area contributed by atoms with E-state index in [1.807, 2.05) is 23.9 Å². The number of halogens is 1. The van der Waals surface area contributed by atoms with Crippen LogP contribution in [0, 0.1) is 5.41 Å². The molecule has 3 aliphatic rings. The molecule has 6 rings (SSSR count). The van der Waals surface area contributed by atoms with Gasteiger partial charge in [0.15, 0.2) is 5.13 Å². The van der Waals surface area contributed by atoms with Crippen molar-refractivity contribution in [1.82, 2.24) is 30.2 Å². The summed E-state index contributed by atoms with van der Waals surface area (Å²) >= 11 is 8.24. The second-order valence-electron chi connectivity index (χ2n) is 17.6. The molecule has 20 heteroatoms. The summed E-state index contributed by atoms with van der Waals surface area (Å²) in [5, 5.41) is 12.1. The molecule has 338 valence electrons. The Morgan fingerprint density at radius 2 is 1.73 bits per heavy atom. The van der Waals surface area contributed by atoms with Crippen molar-refractivity contribution < 1.29 is 46.0 Å². The lowest BCUT2D eigenvalue weighted by Crippen LogP contribution is -2.62. The highest BCUT2D eigenvalue weighted by Gasteiger charge is 2.48. The quantitative estimate of drug-likeness (QED) is 0.110. The number of alkyl carbamates (subject to hydrolysis) is 1. The summed E-state index contributed by atoms with van der Waals surface area (Å²) in [6.45, 7) is 14.3. The second kappa shape index (κ2) is 18.9. The number of aromatic nitrogens is 2. The normalized spacial score (nSPS) is 19.7. The smallest absolute Gasteiger partial charge is 0.408 e. The Morgan fingerprint density at radius 3 is 2.35 bits per heavy atom. The zero-order valence-electron chi connectivity index (χ0n) is 36.0. The van der Waals surface area contributed by atoms with Crippen LogP contribution in [0.15, 0.2) is 36.2 Å². The molecule has 62 heavy (non-hydrogen) atoms. The van der Waals surface area contributed by atoms with Gasteiger partial charge in [0, 0.05) is 29.3 Å². The lowest BCUT2D eigenvalue weighted by Gasteiger charge is -2.36. The Labute approximate surface area is 371 Å². The maximum Gasteiger partial charge on any atom is 0.408 e. The zero-order chi connectivity index (χ0) is 45.1. The molecular formula is C42H56ClN7O10S2. The van der Waals surface area contributed by atoms with E-state index in [1.165, 1.54) is 36.3 Å². The Morgan fingerprint density at radius 1 is 1.02 bits per heavy atom. The number of fused-ring (bicyclic) bond motifs is 1. The van der Waals surface area contributed by atoms with E-state index < -0.39 is 69.4 Å². The van der Waals surface area contributed by atoms with Crippen molar-refractivity contribution in [3.63, 3.8) is 0 Å². The van der Waals surface area contributed by atoms with Gasteiger partial charge in [-0.2, -0.15) is 8.42 Å². The number of hydrogen-bond donors (Lipinski definition) is 4. The lowest BCUT2D eigenvalue weighted by molar-refractivity contribution is -0.143. The Balaban J connectivity index is 1.35. The van der Waals surface area contributed by atoms with Gasteiger partial charge in [-0.05, 0) is 83.3 Å². The SMILES string of the molecule is C=CC[C@@](C)(NC(=O)[C@@H]1C[C@@H](Oc2cc(-c3csc(NC(C)C)n3)nc3c(Cl)c(OC)ccc23)CN1C(=O)[C@@H](NC(=O)OC1CCCC1)C(C)(C)C)C(=O)NS(=O)(=O)OC1CC1. The molecule has 2 aliphatic carbocycles. The first kappa shape index (κ1) is 46.8. The van der Waals surface area contributed by atoms with Crippen molar-refractivity contribution in [3.05, 3.63) is 41.3 Å². The average Bonchev–Trinajstić information content (AvgIpc) is 3.51. The fourth-order valence-corrected chi connectivity index (χ4v) is 9.60. The third-order valence-corrected chi connectivity index (χ3v) is 12.9. The van der Waals surface area contributed by atoms with E-state index in [0.29, 0.717) is 51.8 Å². The number of anilines is 1. The van der Waals surface area contributed by atoms with Crippen LogP contribution in [0.4, 0.5) is 9.93 Å². The molecule has 3 heterocycles. The van der Waals surface area contributed by atoms with Crippen LogP contribution < -0.4 is 30.1 Å². The summed E-state index contributed by atoms with van der Waals surface area (Å²) in [6, 6.07) is 2.86. The highest BCUT2D eigenvalue weighted by atomic mass is 35.5. The van der Waals surface area contributed by atoms with E-state index in [9.17, 15) is 27.6 Å². The van der Waals surface area contributed by atoms with Crippen molar-refractivity contribution in [2.45, 2.75) is 135 Å². The van der Waals surface area contributed by atoms with Crippen LogP contribution in [0.2, 0.25) is 5.02 Å². The number of ether oxygens (including phenoxy) is 3. The van der Waals surface area contributed by atoms with Gasteiger partial charge in [-0.1, -0.05) is 38.4 Å². The minimum Gasteiger partial charge on any atom is -0.495 e. The molecule has 4 atom stereocenters. The molecule has 4 N–H and O–H groups in total. The molecule has 3 aromatic rings. The van der Waals surface area contributed by atoms with Crippen LogP contribution in [0.1, 0.15) is 92.9 Å². The second-order valence-corrected chi connectivity index (χ2v) is 20.1. The Bertz CT molecular complexity index is 2290. The average molecular weight is 919 g/mol. The number of benzene rings is 1. The maximum atomic E-state index is 14.8. The summed E-state index contributed by atoms with van der Waals surface area (Å²) in [4.78, 5) is 67.1. The number of rotatable bonds is 17. The topological polar surface area (TPSA) is 216 Å². The number of carbonyl (C=O) groups excluding carboxylic acids is 4. The molecule has 17 nitrogen and oxygen atoms in total. The number of pyridine rings is 1. The first-order valence-electron chi connectivity index (χ1n) is 20.7. The van der Waals surface area contributed by atoms with Crippen LogP contribution in [-0.4, -0.2) is 103 Å². The molecular weight excluding hydrogens is 862 g/mol. The van der Waals surface area contributed by atoms with E-state index in [-0.39, 0.29) is 36.6 Å². The minimum absolute atomic E-state index is 0.0714. The third-order valence-electron chi connectivity index (χ3n) is 10.8. The highest BCUT2D eigenvalue weighted by Crippen LogP contribution is 2.40. The highest BCUT2D eigenvalue weighted by molar-refractivity contribution is 7.85. The minimum atomic E-state index is -4.49. The first-order valence-corrected chi connectivity index (χ1v) is 23.4. The Hall–Kier alpha value is -4.72. The van der Waals surface area contributed by atoms with Crippen LogP contribution >= 0.6 is 22.9 Å². The summed E-state index contributed by atoms with van der Waals surface area (Å²) in [5.74, 6) is -1.71. The monoisotopic (exact) mass is 917 g/mol. The van der Waals surface area contributed by atoms with Crippen molar-refractivity contribution >= 4 is 73.1 Å². The van der Waals surface area contributed by atoms with Gasteiger partial charge in [-0.15, -0.1) is 17.9 Å². The molecule has 2 aromatic heterocycles. The van der Waals surface area contributed by atoms with Crippen LogP contribution in [-0.2, 0) is 33.6 Å². The van der Waals surface area contributed by atoms with Crippen molar-refractivity contribution in [2.75, 3.05) is 19.0 Å². The number of likely N-dealkylation sites (tertiary alicyclic amines) is 1. The van der Waals surface area contributed by atoms with E-state index >= 15 is 0 Å². The number of nitrogens with zero attached hydrogens (tertiary/aromatic N) is 3. The maximum absolute atomic E-state index is 14.8. The van der Waals surface area contributed by atoms with Gasteiger partial charge in [-0.3, -0.25) is 18.6 Å². The van der Waals surface area contributed by atoms with E-state index in [2.05, 4.69) is 22.5 Å². The van der Waals surface area contributed by atoms with Gasteiger partial charge >= 0.3 is 16.4 Å². The van der Waals surface area contributed by atoms with E-state index in [0.717, 1.165) is 25.7 Å². The lowest BCUT2D eigenvalue weighted by atomic mass is 9.85.